The van der Waals surface area contributed by atoms with Crippen LogP contribution in [0.3, 0.4) is 0 Å². The van der Waals surface area contributed by atoms with E-state index in [1.165, 1.54) is 11.8 Å². The van der Waals surface area contributed by atoms with Gasteiger partial charge in [-0.05, 0) is 37.6 Å². The van der Waals surface area contributed by atoms with Crippen LogP contribution in [0.1, 0.15) is 11.1 Å². The van der Waals surface area contributed by atoms with Gasteiger partial charge < -0.3 is 4.74 Å². The van der Waals surface area contributed by atoms with E-state index in [-0.39, 0.29) is 18.3 Å². The van der Waals surface area contributed by atoms with Crippen LogP contribution in [-0.2, 0) is 9.59 Å². The molecule has 0 saturated carbocycles. The van der Waals surface area contributed by atoms with Crippen molar-refractivity contribution < 1.29 is 14.3 Å². The van der Waals surface area contributed by atoms with Gasteiger partial charge in [0.15, 0.2) is 6.61 Å². The highest BCUT2D eigenvalue weighted by Crippen LogP contribution is 2.23. The van der Waals surface area contributed by atoms with E-state index in [9.17, 15) is 9.59 Å². The van der Waals surface area contributed by atoms with Crippen LogP contribution in [0.25, 0.3) is 0 Å². The van der Waals surface area contributed by atoms with E-state index in [4.69, 9.17) is 16.3 Å². The van der Waals surface area contributed by atoms with E-state index in [0.717, 1.165) is 16.0 Å². The molecule has 2 amide bonds. The van der Waals surface area contributed by atoms with Crippen molar-refractivity contribution in [1.29, 1.82) is 0 Å². The van der Waals surface area contributed by atoms with E-state index in [0.29, 0.717) is 10.8 Å². The normalized spacial score (nSPS) is 10.2. The average Bonchev–Trinajstić information content (AvgIpc) is 2.60. The van der Waals surface area contributed by atoms with Gasteiger partial charge in [0.05, 0.1) is 10.8 Å². The predicted octanol–water partition coefficient (Wildman–Crippen LogP) is 3.28. The molecule has 0 unspecified atom stereocenters. The first-order chi connectivity index (χ1) is 12.0. The number of rotatable bonds is 6. The topological polar surface area (TPSA) is 67.4 Å². The Bertz CT molecular complexity index is 768. The first-order valence-corrected chi connectivity index (χ1v) is 8.97. The number of thioether (sulfide) groups is 1. The Hall–Kier alpha value is -2.18. The van der Waals surface area contributed by atoms with E-state index in [1.807, 2.05) is 32.0 Å². The maximum Gasteiger partial charge on any atom is 0.276 e. The molecule has 25 heavy (non-hydrogen) atoms. The molecule has 0 fully saturated rings. The smallest absolute Gasteiger partial charge is 0.276 e. The number of para-hydroxylation sites is 1. The summed E-state index contributed by atoms with van der Waals surface area (Å²) >= 11 is 7.35. The molecule has 2 aromatic rings. The molecule has 5 nitrogen and oxygen atoms in total. The number of hydrogen-bond donors (Lipinski definition) is 2. The second kappa shape index (κ2) is 9.34. The zero-order valence-corrected chi connectivity index (χ0v) is 15.5. The van der Waals surface area contributed by atoms with Gasteiger partial charge in [0, 0.05) is 4.90 Å². The molecular formula is C18H19ClN2O3S. The summed E-state index contributed by atoms with van der Waals surface area (Å²) in [6.07, 6.45) is 0. The summed E-state index contributed by atoms with van der Waals surface area (Å²) in [6, 6.07) is 12.9. The van der Waals surface area contributed by atoms with Crippen LogP contribution in [0.4, 0.5) is 0 Å². The monoisotopic (exact) mass is 378 g/mol. The molecule has 2 N–H and O–H groups in total. The quantitative estimate of drug-likeness (QED) is 0.598. The van der Waals surface area contributed by atoms with Crippen molar-refractivity contribution in [3.05, 3.63) is 58.6 Å². The summed E-state index contributed by atoms with van der Waals surface area (Å²) in [6.45, 7) is 3.75. The minimum atomic E-state index is -0.468. The van der Waals surface area contributed by atoms with Gasteiger partial charge in [-0.2, -0.15) is 0 Å². The molecule has 0 aliphatic heterocycles. The number of hydrazine groups is 1. The van der Waals surface area contributed by atoms with Gasteiger partial charge in [-0.1, -0.05) is 41.4 Å². The van der Waals surface area contributed by atoms with Crippen molar-refractivity contribution in [2.45, 2.75) is 18.7 Å². The fourth-order valence-electron chi connectivity index (χ4n) is 1.92. The Morgan fingerprint density at radius 3 is 2.56 bits per heavy atom. The third-order valence-corrected chi connectivity index (χ3v) is 4.71. The van der Waals surface area contributed by atoms with Gasteiger partial charge in [-0.3, -0.25) is 20.4 Å². The minimum Gasteiger partial charge on any atom is -0.482 e. The van der Waals surface area contributed by atoms with Crippen molar-refractivity contribution >= 4 is 35.2 Å². The number of halogens is 1. The van der Waals surface area contributed by atoms with E-state index >= 15 is 0 Å². The summed E-state index contributed by atoms with van der Waals surface area (Å²) in [5.74, 6) is -0.145. The summed E-state index contributed by atoms with van der Waals surface area (Å²) in [7, 11) is 0. The van der Waals surface area contributed by atoms with Gasteiger partial charge in [0.2, 0.25) is 5.91 Å². The van der Waals surface area contributed by atoms with Crippen LogP contribution < -0.4 is 15.6 Å². The largest absolute Gasteiger partial charge is 0.482 e. The van der Waals surface area contributed by atoms with E-state index in [2.05, 4.69) is 10.9 Å². The summed E-state index contributed by atoms with van der Waals surface area (Å²) in [5.41, 5.74) is 6.93. The highest BCUT2D eigenvalue weighted by atomic mass is 35.5. The molecule has 0 spiro atoms. The number of nitrogens with one attached hydrogen (secondary N) is 2. The lowest BCUT2D eigenvalue weighted by Crippen LogP contribution is -2.44. The van der Waals surface area contributed by atoms with Crippen molar-refractivity contribution in [3.63, 3.8) is 0 Å². The van der Waals surface area contributed by atoms with Crippen LogP contribution >= 0.6 is 23.4 Å². The first-order valence-electron chi connectivity index (χ1n) is 7.61. The predicted molar refractivity (Wildman–Crippen MR) is 99.9 cm³/mol. The molecule has 7 heteroatoms. The molecule has 132 valence electrons. The Kier molecular flexibility index (Phi) is 7.16. The molecule has 0 radical (unpaired) electrons. The third kappa shape index (κ3) is 6.32. The van der Waals surface area contributed by atoms with Gasteiger partial charge in [0.1, 0.15) is 5.75 Å². The minimum absolute atomic E-state index is 0.204. The number of aryl methyl sites for hydroxylation is 2. The van der Waals surface area contributed by atoms with Gasteiger partial charge in [-0.15, -0.1) is 11.8 Å². The van der Waals surface area contributed by atoms with Crippen LogP contribution in [-0.4, -0.2) is 24.2 Å². The molecule has 0 aliphatic carbocycles. The molecule has 0 aliphatic rings. The third-order valence-electron chi connectivity index (χ3n) is 3.24. The molecule has 0 saturated heterocycles. The molecule has 0 bridgehead atoms. The fraction of sp³-hybridized carbons (Fsp3) is 0.222. The van der Waals surface area contributed by atoms with E-state index < -0.39 is 5.91 Å². The number of carbonyl (C=O) groups is 2. The molecule has 2 rings (SSSR count). The number of amides is 2. The number of benzene rings is 2. The maximum absolute atomic E-state index is 11.8. The Balaban J connectivity index is 1.71. The fourth-order valence-corrected chi connectivity index (χ4v) is 3.04. The zero-order valence-electron chi connectivity index (χ0n) is 14.0. The molecule has 0 aromatic heterocycles. The highest BCUT2D eigenvalue weighted by Gasteiger charge is 2.08. The standard InChI is InChI=1S/C18H19ClN2O3S/c1-12-7-8-13(2)16(9-12)25-11-18(23)21-20-17(22)10-24-15-6-4-3-5-14(15)19/h3-9H,10-11H2,1-2H3,(H,20,22)(H,21,23). The Morgan fingerprint density at radius 2 is 1.80 bits per heavy atom. The number of ether oxygens (including phenoxy) is 1. The number of hydrogen-bond acceptors (Lipinski definition) is 4. The van der Waals surface area contributed by atoms with Crippen LogP contribution in [0.5, 0.6) is 5.75 Å². The Labute approximate surface area is 156 Å². The van der Waals surface area contributed by atoms with Crippen molar-refractivity contribution in [3.8, 4) is 5.75 Å². The Morgan fingerprint density at radius 1 is 1.08 bits per heavy atom. The SMILES string of the molecule is Cc1ccc(C)c(SCC(=O)NNC(=O)COc2ccccc2Cl)c1. The lowest BCUT2D eigenvalue weighted by molar-refractivity contribution is -0.128. The summed E-state index contributed by atoms with van der Waals surface area (Å²) in [5, 5.41) is 0.421. The second-order valence-corrected chi connectivity index (χ2v) is 6.80. The summed E-state index contributed by atoms with van der Waals surface area (Å²) in [4.78, 5) is 24.6. The molecule has 0 atom stereocenters. The van der Waals surface area contributed by atoms with Crippen LogP contribution in [0.15, 0.2) is 47.4 Å². The lowest BCUT2D eigenvalue weighted by atomic mass is 10.2. The second-order valence-electron chi connectivity index (χ2n) is 5.37. The van der Waals surface area contributed by atoms with E-state index in [1.54, 1.807) is 24.3 Å². The molecule has 2 aromatic carbocycles. The molecule has 0 heterocycles. The maximum atomic E-state index is 11.8. The van der Waals surface area contributed by atoms with Crippen LogP contribution in [0, 0.1) is 13.8 Å². The van der Waals surface area contributed by atoms with Crippen molar-refractivity contribution in [1.82, 2.24) is 10.9 Å². The summed E-state index contributed by atoms with van der Waals surface area (Å²) < 4.78 is 5.29. The molecular weight excluding hydrogens is 360 g/mol. The lowest BCUT2D eigenvalue weighted by Gasteiger charge is -2.10. The van der Waals surface area contributed by atoms with Gasteiger partial charge in [0.25, 0.3) is 5.91 Å². The average molecular weight is 379 g/mol. The zero-order chi connectivity index (χ0) is 18.2. The van der Waals surface area contributed by atoms with Crippen molar-refractivity contribution in [2.24, 2.45) is 0 Å². The van der Waals surface area contributed by atoms with Crippen molar-refractivity contribution in [2.75, 3.05) is 12.4 Å². The highest BCUT2D eigenvalue weighted by molar-refractivity contribution is 8.00. The van der Waals surface area contributed by atoms with Gasteiger partial charge >= 0.3 is 0 Å². The van der Waals surface area contributed by atoms with Crippen LogP contribution in [0.2, 0.25) is 5.02 Å². The van der Waals surface area contributed by atoms with Gasteiger partial charge in [-0.25, -0.2) is 0 Å². The number of carbonyl (C=O) groups excluding carboxylic acids is 2. The first kappa shape index (κ1) is 19.1.